The number of nitrogens with one attached hydrogen (secondary N) is 1. The number of nitrogens with zero attached hydrogens (tertiary/aromatic N) is 1. The first-order valence-corrected chi connectivity index (χ1v) is 6.96. The largest absolute Gasteiger partial charge is 0.478 e. The first kappa shape index (κ1) is 15.6. The van der Waals surface area contributed by atoms with Crippen molar-refractivity contribution in [1.82, 2.24) is 4.98 Å². The molecule has 0 amide bonds. The van der Waals surface area contributed by atoms with Crippen molar-refractivity contribution in [3.63, 3.8) is 0 Å². The molecule has 1 saturated carbocycles. The molecule has 2 N–H and O–H groups in total. The Labute approximate surface area is 120 Å². The number of alkyl halides is 3. The number of aromatic carboxylic acids is 1. The predicted molar refractivity (Wildman–Crippen MR) is 71.3 cm³/mol. The van der Waals surface area contributed by atoms with Crippen LogP contribution in [0.2, 0.25) is 0 Å². The Hall–Kier alpha value is -1.79. The van der Waals surface area contributed by atoms with Crippen molar-refractivity contribution in [3.05, 3.63) is 23.4 Å². The van der Waals surface area contributed by atoms with Crippen LogP contribution < -0.4 is 5.32 Å². The Morgan fingerprint density at radius 3 is 2.33 bits per heavy atom. The van der Waals surface area contributed by atoms with Gasteiger partial charge in [-0.1, -0.05) is 25.7 Å². The molecular weight excluding hydrogens is 285 g/mol. The van der Waals surface area contributed by atoms with Crippen LogP contribution in [0, 0.1) is 0 Å². The van der Waals surface area contributed by atoms with Gasteiger partial charge < -0.3 is 10.4 Å². The number of hydrogen-bond donors (Lipinski definition) is 2. The fourth-order valence-corrected chi connectivity index (χ4v) is 2.52. The van der Waals surface area contributed by atoms with E-state index < -0.39 is 17.8 Å². The van der Waals surface area contributed by atoms with Gasteiger partial charge in [0.15, 0.2) is 0 Å². The molecule has 1 aromatic rings. The quantitative estimate of drug-likeness (QED) is 0.830. The molecule has 0 radical (unpaired) electrons. The highest BCUT2D eigenvalue weighted by Gasteiger charge is 2.33. The van der Waals surface area contributed by atoms with Crippen LogP contribution in [-0.2, 0) is 6.18 Å². The second kappa shape index (κ2) is 6.32. The number of pyridine rings is 1. The lowest BCUT2D eigenvalue weighted by Gasteiger charge is -2.19. The van der Waals surface area contributed by atoms with Gasteiger partial charge in [-0.15, -0.1) is 0 Å². The number of anilines is 1. The SMILES string of the molecule is O=C(O)c1ccc(C(F)(F)F)nc1NC1CCCCCC1. The van der Waals surface area contributed by atoms with Crippen LogP contribution >= 0.6 is 0 Å². The molecule has 21 heavy (non-hydrogen) atoms. The summed E-state index contributed by atoms with van der Waals surface area (Å²) in [6.45, 7) is 0. The molecule has 116 valence electrons. The highest BCUT2D eigenvalue weighted by molar-refractivity contribution is 5.93. The van der Waals surface area contributed by atoms with E-state index in [1.165, 1.54) is 0 Å². The lowest BCUT2D eigenvalue weighted by Crippen LogP contribution is -2.22. The Balaban J connectivity index is 2.27. The van der Waals surface area contributed by atoms with Crippen molar-refractivity contribution < 1.29 is 23.1 Å². The van der Waals surface area contributed by atoms with Crippen LogP contribution in [-0.4, -0.2) is 22.1 Å². The number of rotatable bonds is 3. The summed E-state index contributed by atoms with van der Waals surface area (Å²) in [5, 5.41) is 12.0. The average molecular weight is 302 g/mol. The molecule has 0 bridgehead atoms. The summed E-state index contributed by atoms with van der Waals surface area (Å²) < 4.78 is 38.1. The highest BCUT2D eigenvalue weighted by atomic mass is 19.4. The fourth-order valence-electron chi connectivity index (χ4n) is 2.52. The van der Waals surface area contributed by atoms with E-state index in [4.69, 9.17) is 5.11 Å². The third kappa shape index (κ3) is 4.09. The van der Waals surface area contributed by atoms with E-state index in [1.54, 1.807) is 0 Å². The molecule has 0 atom stereocenters. The molecule has 2 rings (SSSR count). The van der Waals surface area contributed by atoms with Gasteiger partial charge in [-0.3, -0.25) is 0 Å². The second-order valence-corrected chi connectivity index (χ2v) is 5.23. The van der Waals surface area contributed by atoms with E-state index >= 15 is 0 Å². The van der Waals surface area contributed by atoms with Gasteiger partial charge in [-0.05, 0) is 25.0 Å². The summed E-state index contributed by atoms with van der Waals surface area (Å²) in [4.78, 5) is 14.6. The zero-order chi connectivity index (χ0) is 15.5. The Bertz CT molecular complexity index is 509. The Kier molecular flexibility index (Phi) is 4.69. The maximum atomic E-state index is 12.7. The minimum absolute atomic E-state index is 0.0263. The molecule has 1 aromatic heterocycles. The molecule has 1 fully saturated rings. The van der Waals surface area contributed by atoms with E-state index in [9.17, 15) is 18.0 Å². The summed E-state index contributed by atoms with van der Waals surface area (Å²) in [5.41, 5.74) is -1.31. The zero-order valence-electron chi connectivity index (χ0n) is 11.4. The topological polar surface area (TPSA) is 62.2 Å². The maximum absolute atomic E-state index is 12.7. The molecule has 0 aromatic carbocycles. The summed E-state index contributed by atoms with van der Waals surface area (Å²) in [6.07, 6.45) is 1.21. The van der Waals surface area contributed by atoms with Crippen LogP contribution in [0.3, 0.4) is 0 Å². The monoisotopic (exact) mass is 302 g/mol. The lowest BCUT2D eigenvalue weighted by molar-refractivity contribution is -0.141. The lowest BCUT2D eigenvalue weighted by atomic mass is 10.1. The van der Waals surface area contributed by atoms with Gasteiger partial charge in [0.1, 0.15) is 17.1 Å². The first-order chi connectivity index (χ1) is 9.88. The van der Waals surface area contributed by atoms with Crippen molar-refractivity contribution in [2.45, 2.75) is 50.7 Å². The number of carboxylic acid groups (broad SMARTS) is 1. The van der Waals surface area contributed by atoms with Gasteiger partial charge in [0.05, 0.1) is 0 Å². The van der Waals surface area contributed by atoms with Gasteiger partial charge in [-0.2, -0.15) is 13.2 Å². The average Bonchev–Trinajstić information content (AvgIpc) is 2.66. The first-order valence-electron chi connectivity index (χ1n) is 6.96. The van der Waals surface area contributed by atoms with E-state index in [0.29, 0.717) is 6.07 Å². The molecule has 1 aliphatic carbocycles. The van der Waals surface area contributed by atoms with E-state index in [0.717, 1.165) is 44.6 Å². The maximum Gasteiger partial charge on any atom is 0.433 e. The number of carbonyl (C=O) groups is 1. The minimum atomic E-state index is -4.59. The van der Waals surface area contributed by atoms with Crippen molar-refractivity contribution in [2.24, 2.45) is 0 Å². The summed E-state index contributed by atoms with van der Waals surface area (Å²) in [5.74, 6) is -1.48. The molecule has 7 heteroatoms. The van der Waals surface area contributed by atoms with Crippen molar-refractivity contribution in [2.75, 3.05) is 5.32 Å². The van der Waals surface area contributed by atoms with Gasteiger partial charge >= 0.3 is 12.1 Å². The molecule has 0 unspecified atom stereocenters. The molecule has 4 nitrogen and oxygen atoms in total. The van der Waals surface area contributed by atoms with Crippen molar-refractivity contribution >= 4 is 11.8 Å². The van der Waals surface area contributed by atoms with Gasteiger partial charge in [0.25, 0.3) is 0 Å². The molecular formula is C14H17F3N2O2. The van der Waals surface area contributed by atoms with Crippen LogP contribution in [0.5, 0.6) is 0 Å². The number of aromatic nitrogens is 1. The highest BCUT2D eigenvalue weighted by Crippen LogP contribution is 2.30. The van der Waals surface area contributed by atoms with Gasteiger partial charge in [-0.25, -0.2) is 9.78 Å². The number of hydrogen-bond acceptors (Lipinski definition) is 3. The van der Waals surface area contributed by atoms with Crippen molar-refractivity contribution in [3.8, 4) is 0 Å². The van der Waals surface area contributed by atoms with Gasteiger partial charge in [0, 0.05) is 6.04 Å². The fraction of sp³-hybridized carbons (Fsp3) is 0.571. The van der Waals surface area contributed by atoms with Crippen LogP contribution in [0.25, 0.3) is 0 Å². The van der Waals surface area contributed by atoms with Crippen LogP contribution in [0.15, 0.2) is 12.1 Å². The smallest absolute Gasteiger partial charge is 0.433 e. The second-order valence-electron chi connectivity index (χ2n) is 5.23. The molecule has 1 heterocycles. The summed E-state index contributed by atoms with van der Waals surface area (Å²) in [6, 6.07) is 1.63. The molecule has 1 aliphatic rings. The van der Waals surface area contributed by atoms with E-state index in [1.807, 2.05) is 0 Å². The van der Waals surface area contributed by atoms with Crippen LogP contribution in [0.1, 0.15) is 54.6 Å². The van der Waals surface area contributed by atoms with Crippen molar-refractivity contribution in [1.29, 1.82) is 0 Å². The molecule has 0 aliphatic heterocycles. The Morgan fingerprint density at radius 1 is 1.19 bits per heavy atom. The number of carboxylic acids is 1. The van der Waals surface area contributed by atoms with Gasteiger partial charge in [0.2, 0.25) is 0 Å². The minimum Gasteiger partial charge on any atom is -0.478 e. The zero-order valence-corrected chi connectivity index (χ0v) is 11.4. The molecule has 0 spiro atoms. The summed E-state index contributed by atoms with van der Waals surface area (Å²) in [7, 11) is 0. The number of halogens is 3. The van der Waals surface area contributed by atoms with E-state index in [2.05, 4.69) is 10.3 Å². The molecule has 0 saturated heterocycles. The Morgan fingerprint density at radius 2 is 1.81 bits per heavy atom. The third-order valence-corrected chi connectivity index (χ3v) is 3.61. The standard InChI is InChI=1S/C14H17F3N2O2/c15-14(16,17)11-8-7-10(13(20)21)12(19-11)18-9-5-3-1-2-4-6-9/h7-9H,1-6H2,(H,18,19)(H,20,21). The third-order valence-electron chi connectivity index (χ3n) is 3.61. The predicted octanol–water partition coefficient (Wildman–Crippen LogP) is 3.93. The van der Waals surface area contributed by atoms with E-state index in [-0.39, 0.29) is 17.4 Å². The summed E-state index contributed by atoms with van der Waals surface area (Å²) >= 11 is 0. The van der Waals surface area contributed by atoms with Crippen LogP contribution in [0.4, 0.5) is 19.0 Å². The normalized spacial score (nSPS) is 17.3.